The average molecular weight is 610 g/mol. The number of terminal acetylenes is 4. The van der Waals surface area contributed by atoms with E-state index in [1.807, 2.05) is 72.8 Å². The van der Waals surface area contributed by atoms with Gasteiger partial charge in [0.05, 0.1) is 0 Å². The van der Waals surface area contributed by atoms with Crippen LogP contribution in [0.15, 0.2) is 72.8 Å². The molecule has 4 aromatic carbocycles. The molecular weight excluding hydrogens is 594 g/mol. The summed E-state index contributed by atoms with van der Waals surface area (Å²) in [4.78, 5) is 10.2. The predicted molar refractivity (Wildman–Crippen MR) is 187 cm³/mol. The van der Waals surface area contributed by atoms with Crippen molar-refractivity contribution in [2.45, 2.75) is 0 Å². The molecule has 0 spiro atoms. The number of hydrogen-bond acceptors (Lipinski definition) is 6. The SMILES string of the molecule is C#Cc1ccc2c(c1)B1c3cc(C#C)ccc3Oc3c1c(nc1c4c5c(nc31)Oc1ccc(C#C)cc1B5c1cc(C#C)ccc1O4)O2. The summed E-state index contributed by atoms with van der Waals surface area (Å²) < 4.78 is 26.4. The summed E-state index contributed by atoms with van der Waals surface area (Å²) in [5.41, 5.74) is 8.75. The molecule has 0 saturated carbocycles. The summed E-state index contributed by atoms with van der Waals surface area (Å²) in [5, 5.41) is 0. The van der Waals surface area contributed by atoms with E-state index >= 15 is 0 Å². The maximum absolute atomic E-state index is 6.70. The Labute approximate surface area is 276 Å². The van der Waals surface area contributed by atoms with E-state index in [1.165, 1.54) is 0 Å². The molecule has 0 saturated heterocycles. The van der Waals surface area contributed by atoms with Gasteiger partial charge in [-0.15, -0.1) is 25.7 Å². The first-order valence-electron chi connectivity index (χ1n) is 15.1. The second kappa shape index (κ2) is 9.28. The van der Waals surface area contributed by atoms with Crippen molar-refractivity contribution in [1.29, 1.82) is 0 Å². The molecule has 2 aromatic heterocycles. The van der Waals surface area contributed by atoms with E-state index in [-0.39, 0.29) is 13.4 Å². The van der Waals surface area contributed by atoms with Crippen molar-refractivity contribution in [2.24, 2.45) is 0 Å². The smallest absolute Gasteiger partial charge is 0.263 e. The monoisotopic (exact) mass is 610 g/mol. The number of pyridine rings is 2. The molecular formula is C40H16B2N2O4. The van der Waals surface area contributed by atoms with Crippen LogP contribution in [0.1, 0.15) is 22.3 Å². The zero-order chi connectivity index (χ0) is 32.3. The number of nitrogens with zero attached hydrogens (tertiary/aromatic N) is 2. The summed E-state index contributed by atoms with van der Waals surface area (Å²) in [7, 11) is 0. The first kappa shape index (κ1) is 26.2. The lowest BCUT2D eigenvalue weighted by Gasteiger charge is -2.35. The molecule has 6 heterocycles. The summed E-state index contributed by atoms with van der Waals surface area (Å²) in [6, 6.07) is 22.7. The van der Waals surface area contributed by atoms with Crippen LogP contribution >= 0.6 is 0 Å². The molecule has 0 N–H and O–H groups in total. The quantitative estimate of drug-likeness (QED) is 0.195. The summed E-state index contributed by atoms with van der Waals surface area (Å²) >= 11 is 0. The molecule has 8 heteroatoms. The van der Waals surface area contributed by atoms with Crippen molar-refractivity contribution < 1.29 is 18.9 Å². The van der Waals surface area contributed by atoms with Gasteiger partial charge in [-0.25, -0.2) is 9.97 Å². The van der Waals surface area contributed by atoms with Gasteiger partial charge in [0.1, 0.15) is 34.0 Å². The second-order valence-electron chi connectivity index (χ2n) is 11.9. The molecule has 0 aliphatic carbocycles. The Morgan fingerprint density at radius 2 is 0.750 bits per heavy atom. The van der Waals surface area contributed by atoms with Crippen LogP contribution in [0.3, 0.4) is 0 Å². The molecule has 0 atom stereocenters. The third kappa shape index (κ3) is 3.39. The maximum Gasteiger partial charge on any atom is 0.263 e. The van der Waals surface area contributed by atoms with E-state index in [2.05, 4.69) is 23.7 Å². The Morgan fingerprint density at radius 3 is 1.06 bits per heavy atom. The van der Waals surface area contributed by atoms with E-state index in [9.17, 15) is 0 Å². The number of fused-ring (bicyclic) bond motifs is 11. The summed E-state index contributed by atoms with van der Waals surface area (Å²) in [5.74, 6) is 15.2. The molecule has 4 aliphatic rings. The van der Waals surface area contributed by atoms with Crippen LogP contribution in [0.4, 0.5) is 0 Å². The maximum atomic E-state index is 6.70. The third-order valence-electron chi connectivity index (χ3n) is 9.40. The minimum atomic E-state index is -0.337. The van der Waals surface area contributed by atoms with Gasteiger partial charge in [-0.05, 0) is 94.6 Å². The lowest BCUT2D eigenvalue weighted by molar-refractivity contribution is 0.443. The van der Waals surface area contributed by atoms with Crippen LogP contribution in [0.2, 0.25) is 0 Å². The number of ether oxygens (including phenoxy) is 4. The molecule has 0 amide bonds. The van der Waals surface area contributed by atoms with E-state index in [0.29, 0.717) is 68.2 Å². The van der Waals surface area contributed by atoms with Crippen molar-refractivity contribution in [1.82, 2.24) is 9.97 Å². The van der Waals surface area contributed by atoms with E-state index in [4.69, 9.17) is 54.6 Å². The van der Waals surface area contributed by atoms with Gasteiger partial charge in [0.15, 0.2) is 11.5 Å². The topological polar surface area (TPSA) is 62.7 Å². The zero-order valence-electron chi connectivity index (χ0n) is 24.9. The number of hydrogen-bond donors (Lipinski definition) is 0. The molecule has 10 rings (SSSR count). The number of aromatic nitrogens is 2. The summed E-state index contributed by atoms with van der Waals surface area (Å²) in [6.07, 6.45) is 23.3. The highest BCUT2D eigenvalue weighted by Crippen LogP contribution is 2.44. The molecule has 6 nitrogen and oxygen atoms in total. The van der Waals surface area contributed by atoms with Crippen LogP contribution in [-0.4, -0.2) is 23.4 Å². The molecule has 48 heavy (non-hydrogen) atoms. The molecule has 0 bridgehead atoms. The Morgan fingerprint density at radius 1 is 0.438 bits per heavy atom. The first-order chi connectivity index (χ1) is 23.6. The minimum absolute atomic E-state index is 0.337. The lowest BCUT2D eigenvalue weighted by atomic mass is 9.34. The Balaban J connectivity index is 1.29. The molecule has 216 valence electrons. The zero-order valence-corrected chi connectivity index (χ0v) is 24.9. The Hall–Kier alpha value is -6.99. The molecule has 4 aliphatic heterocycles. The van der Waals surface area contributed by atoms with Gasteiger partial charge in [-0.3, -0.25) is 0 Å². The Kier molecular flexibility index (Phi) is 5.07. The molecule has 6 aromatic rings. The van der Waals surface area contributed by atoms with Crippen LogP contribution in [-0.2, 0) is 0 Å². The average Bonchev–Trinajstić information content (AvgIpc) is 3.13. The van der Waals surface area contributed by atoms with Crippen molar-refractivity contribution in [2.75, 3.05) is 0 Å². The summed E-state index contributed by atoms with van der Waals surface area (Å²) in [6.45, 7) is -0.675. The van der Waals surface area contributed by atoms with Gasteiger partial charge in [0.2, 0.25) is 11.8 Å². The van der Waals surface area contributed by atoms with Gasteiger partial charge in [-0.2, -0.15) is 0 Å². The molecule has 0 unspecified atom stereocenters. The number of benzene rings is 4. The molecule has 0 radical (unpaired) electrons. The van der Waals surface area contributed by atoms with Gasteiger partial charge >= 0.3 is 0 Å². The third-order valence-corrected chi connectivity index (χ3v) is 9.40. The lowest BCUT2D eigenvalue weighted by Crippen LogP contribution is -2.58. The Bertz CT molecular complexity index is 2470. The minimum Gasteiger partial charge on any atom is -0.456 e. The van der Waals surface area contributed by atoms with E-state index < -0.39 is 0 Å². The highest BCUT2D eigenvalue weighted by atomic mass is 16.5. The largest absolute Gasteiger partial charge is 0.456 e. The van der Waals surface area contributed by atoms with Crippen LogP contribution in [0, 0.1) is 49.4 Å². The van der Waals surface area contributed by atoms with Crippen LogP contribution < -0.4 is 51.7 Å². The fourth-order valence-corrected chi connectivity index (χ4v) is 7.28. The molecule has 0 fully saturated rings. The normalized spacial score (nSPS) is 13.1. The fraction of sp³-hybridized carbons (Fsp3) is 0. The van der Waals surface area contributed by atoms with Crippen molar-refractivity contribution in [3.05, 3.63) is 95.1 Å². The van der Waals surface area contributed by atoms with Gasteiger partial charge in [0, 0.05) is 33.2 Å². The van der Waals surface area contributed by atoms with Crippen molar-refractivity contribution in [3.63, 3.8) is 0 Å². The first-order valence-corrected chi connectivity index (χ1v) is 15.1. The van der Waals surface area contributed by atoms with Gasteiger partial charge in [0.25, 0.3) is 13.4 Å². The number of rotatable bonds is 0. The highest BCUT2D eigenvalue weighted by Gasteiger charge is 2.46. The van der Waals surface area contributed by atoms with Crippen LogP contribution in [0.5, 0.6) is 46.3 Å². The van der Waals surface area contributed by atoms with Crippen molar-refractivity contribution in [3.8, 4) is 95.6 Å². The second-order valence-corrected chi connectivity index (χ2v) is 11.9. The predicted octanol–water partition coefficient (Wildman–Crippen LogP) is 3.01. The van der Waals surface area contributed by atoms with Gasteiger partial charge < -0.3 is 18.9 Å². The highest BCUT2D eigenvalue weighted by molar-refractivity contribution is 6.99. The van der Waals surface area contributed by atoms with E-state index in [0.717, 1.165) is 44.1 Å². The van der Waals surface area contributed by atoms with Crippen molar-refractivity contribution >= 4 is 57.2 Å². The van der Waals surface area contributed by atoms with Gasteiger partial charge in [-0.1, -0.05) is 23.7 Å². The van der Waals surface area contributed by atoms with Crippen LogP contribution in [0.25, 0.3) is 11.0 Å². The fourth-order valence-electron chi connectivity index (χ4n) is 7.28. The standard InChI is InChI=1S/C40H16B2N2O4/c1-5-21-9-13-29-25(17-21)41-27-19-23(7-3)11-15-31(27)47-39-33(41)37(45-29)35-36(43-39)38-34-40(44-35)48-32-16-12-24(8-4)20-28(32)42(34)26-18-22(6-2)10-14-30(26)46-38/h1-4,9-20H. The van der Waals surface area contributed by atoms with E-state index in [1.54, 1.807) is 0 Å².